The van der Waals surface area contributed by atoms with E-state index in [1.54, 1.807) is 12.1 Å². The van der Waals surface area contributed by atoms with Gasteiger partial charge in [0.1, 0.15) is 5.75 Å². The van der Waals surface area contributed by atoms with Gasteiger partial charge in [0.15, 0.2) is 5.78 Å². The number of benzene rings is 1. The molecule has 6 heteroatoms. The van der Waals surface area contributed by atoms with Crippen molar-refractivity contribution in [2.24, 2.45) is 0 Å². The minimum absolute atomic E-state index is 0.0281. The molecule has 2 aromatic rings. The molecule has 0 radical (unpaired) electrons. The second-order valence-electron chi connectivity index (χ2n) is 6.99. The van der Waals surface area contributed by atoms with Gasteiger partial charge < -0.3 is 10.1 Å². The van der Waals surface area contributed by atoms with Gasteiger partial charge in [-0.3, -0.25) is 14.3 Å². The van der Waals surface area contributed by atoms with E-state index in [1.807, 2.05) is 36.1 Å². The minimum atomic E-state index is -0.0964. The fourth-order valence-electron chi connectivity index (χ4n) is 2.80. The smallest absolute Gasteiger partial charge is 0.220 e. The molecule has 1 heterocycles. The molecule has 0 saturated heterocycles. The van der Waals surface area contributed by atoms with Crippen LogP contribution in [0.15, 0.2) is 36.7 Å². The largest absolute Gasteiger partial charge is 0.494 e. The van der Waals surface area contributed by atoms with Crippen molar-refractivity contribution < 1.29 is 14.3 Å². The molecule has 0 spiro atoms. The molecule has 152 valence electrons. The number of nitrogens with zero attached hydrogens (tertiary/aromatic N) is 2. The Balaban J connectivity index is 1.61. The zero-order chi connectivity index (χ0) is 20.2. The summed E-state index contributed by atoms with van der Waals surface area (Å²) in [6.07, 6.45) is 8.36. The van der Waals surface area contributed by atoms with Gasteiger partial charge in [-0.1, -0.05) is 19.8 Å². The normalized spacial score (nSPS) is 10.6. The number of carbonyl (C=O) groups excluding carboxylic acids is 2. The zero-order valence-electron chi connectivity index (χ0n) is 16.9. The van der Waals surface area contributed by atoms with Crippen molar-refractivity contribution >= 4 is 11.7 Å². The molecule has 28 heavy (non-hydrogen) atoms. The summed E-state index contributed by atoms with van der Waals surface area (Å²) in [5, 5.41) is 7.06. The quantitative estimate of drug-likeness (QED) is 0.419. The molecule has 1 aromatic carbocycles. The lowest BCUT2D eigenvalue weighted by Gasteiger charge is -2.07. The third kappa shape index (κ3) is 7.94. The van der Waals surface area contributed by atoms with Gasteiger partial charge in [0.2, 0.25) is 5.91 Å². The molecule has 0 bridgehead atoms. The molecule has 0 aliphatic rings. The Morgan fingerprint density at radius 2 is 1.89 bits per heavy atom. The number of nitrogens with one attached hydrogen (secondary N) is 1. The van der Waals surface area contributed by atoms with Crippen LogP contribution in [0, 0.1) is 6.92 Å². The summed E-state index contributed by atoms with van der Waals surface area (Å²) in [5.41, 5.74) is 1.74. The van der Waals surface area contributed by atoms with Crippen molar-refractivity contribution in [3.63, 3.8) is 0 Å². The van der Waals surface area contributed by atoms with Crippen LogP contribution in [0.3, 0.4) is 0 Å². The highest BCUT2D eigenvalue weighted by molar-refractivity contribution is 5.98. The molecule has 2 rings (SSSR count). The summed E-state index contributed by atoms with van der Waals surface area (Å²) in [6, 6.07) is 7.16. The van der Waals surface area contributed by atoms with Gasteiger partial charge in [0.05, 0.1) is 12.8 Å². The molecular formula is C22H31N3O3. The molecule has 0 aliphatic carbocycles. The summed E-state index contributed by atoms with van der Waals surface area (Å²) in [6.45, 7) is 6.19. The van der Waals surface area contributed by atoms with E-state index in [4.69, 9.17) is 4.74 Å². The van der Waals surface area contributed by atoms with Crippen LogP contribution in [0.2, 0.25) is 0 Å². The van der Waals surface area contributed by atoms with Gasteiger partial charge in [0, 0.05) is 37.7 Å². The molecule has 0 aliphatic heterocycles. The van der Waals surface area contributed by atoms with Gasteiger partial charge in [-0.2, -0.15) is 5.10 Å². The van der Waals surface area contributed by atoms with Crippen molar-refractivity contribution in [1.82, 2.24) is 15.1 Å². The summed E-state index contributed by atoms with van der Waals surface area (Å²) in [4.78, 5) is 24.2. The Hall–Kier alpha value is -2.63. The number of carbonyl (C=O) groups is 2. The van der Waals surface area contributed by atoms with Gasteiger partial charge in [-0.05, 0) is 49.6 Å². The van der Waals surface area contributed by atoms with Crippen LogP contribution in [-0.4, -0.2) is 34.6 Å². The van der Waals surface area contributed by atoms with Gasteiger partial charge >= 0.3 is 0 Å². The lowest BCUT2D eigenvalue weighted by Crippen LogP contribution is -2.25. The second-order valence-corrected chi connectivity index (χ2v) is 6.99. The van der Waals surface area contributed by atoms with E-state index in [0.717, 1.165) is 43.5 Å². The number of amides is 1. The van der Waals surface area contributed by atoms with E-state index in [9.17, 15) is 9.59 Å². The number of hydrogen-bond donors (Lipinski definition) is 1. The lowest BCUT2D eigenvalue weighted by atomic mass is 10.1. The molecule has 1 amide bonds. The van der Waals surface area contributed by atoms with Crippen LogP contribution in [-0.2, 0) is 11.3 Å². The molecular weight excluding hydrogens is 354 g/mol. The molecule has 0 unspecified atom stereocenters. The van der Waals surface area contributed by atoms with Crippen molar-refractivity contribution in [3.05, 3.63) is 47.8 Å². The Labute approximate surface area is 167 Å². The highest BCUT2D eigenvalue weighted by atomic mass is 16.5. The van der Waals surface area contributed by atoms with E-state index in [1.165, 1.54) is 0 Å². The first kappa shape index (κ1) is 21.7. The summed E-state index contributed by atoms with van der Waals surface area (Å²) < 4.78 is 7.51. The van der Waals surface area contributed by atoms with Crippen molar-refractivity contribution in [2.75, 3.05) is 13.2 Å². The number of aromatic nitrogens is 2. The number of Topliss-reactive ketones (excluding diaryl/α,β-unsaturated/α-hetero) is 1. The number of unbranched alkanes of at least 4 members (excludes halogenated alkanes) is 2. The standard InChI is InChI=1S/C22H31N3O3/c1-3-4-5-15-28-20-9-7-19(8-10-20)21(26)11-12-22(27)23-13-6-14-25-17-18(2)16-24-25/h7-10,16-17H,3-6,11-15H2,1-2H3,(H,23,27). The van der Waals surface area contributed by atoms with Crippen LogP contribution in [0.25, 0.3) is 0 Å². The van der Waals surface area contributed by atoms with Gasteiger partial charge in [-0.25, -0.2) is 0 Å². The number of rotatable bonds is 13. The average molecular weight is 386 g/mol. The third-order valence-corrected chi connectivity index (χ3v) is 4.42. The van der Waals surface area contributed by atoms with Crippen molar-refractivity contribution in [3.8, 4) is 5.75 Å². The molecule has 1 N–H and O–H groups in total. The number of aryl methyl sites for hydroxylation is 2. The zero-order valence-corrected chi connectivity index (χ0v) is 16.9. The van der Waals surface area contributed by atoms with Crippen LogP contribution < -0.4 is 10.1 Å². The van der Waals surface area contributed by atoms with Crippen LogP contribution in [0.5, 0.6) is 5.75 Å². The first-order valence-corrected chi connectivity index (χ1v) is 10.1. The molecule has 0 atom stereocenters. The summed E-state index contributed by atoms with van der Waals surface area (Å²) in [5.74, 6) is 0.651. The maximum absolute atomic E-state index is 12.2. The van der Waals surface area contributed by atoms with E-state index in [0.29, 0.717) is 18.7 Å². The maximum atomic E-state index is 12.2. The first-order chi connectivity index (χ1) is 13.6. The third-order valence-electron chi connectivity index (χ3n) is 4.42. The van der Waals surface area contributed by atoms with Gasteiger partial charge in [0.25, 0.3) is 0 Å². The fraction of sp³-hybridized carbons (Fsp3) is 0.500. The van der Waals surface area contributed by atoms with Gasteiger partial charge in [-0.15, -0.1) is 0 Å². The molecule has 6 nitrogen and oxygen atoms in total. The predicted molar refractivity (Wildman–Crippen MR) is 110 cm³/mol. The van der Waals surface area contributed by atoms with E-state index < -0.39 is 0 Å². The Morgan fingerprint density at radius 1 is 1.11 bits per heavy atom. The number of hydrogen-bond acceptors (Lipinski definition) is 4. The SMILES string of the molecule is CCCCCOc1ccc(C(=O)CCC(=O)NCCCn2cc(C)cn2)cc1. The van der Waals surface area contributed by atoms with E-state index in [2.05, 4.69) is 17.3 Å². The van der Waals surface area contributed by atoms with Crippen molar-refractivity contribution in [2.45, 2.75) is 58.9 Å². The highest BCUT2D eigenvalue weighted by Crippen LogP contribution is 2.14. The minimum Gasteiger partial charge on any atom is -0.494 e. The van der Waals surface area contributed by atoms with Crippen LogP contribution >= 0.6 is 0 Å². The number of ketones is 1. The average Bonchev–Trinajstić information content (AvgIpc) is 3.12. The Bertz CT molecular complexity index is 738. The predicted octanol–water partition coefficient (Wildman–Crippen LogP) is 3.93. The second kappa shape index (κ2) is 12.0. The fourth-order valence-corrected chi connectivity index (χ4v) is 2.80. The van der Waals surface area contributed by atoms with Crippen LogP contribution in [0.1, 0.15) is 61.4 Å². The number of ether oxygens (including phenoxy) is 1. The molecule has 1 aromatic heterocycles. The van der Waals surface area contributed by atoms with Crippen LogP contribution in [0.4, 0.5) is 0 Å². The van der Waals surface area contributed by atoms with E-state index in [-0.39, 0.29) is 24.5 Å². The molecule has 0 saturated carbocycles. The summed E-state index contributed by atoms with van der Waals surface area (Å²) in [7, 11) is 0. The van der Waals surface area contributed by atoms with Crippen molar-refractivity contribution in [1.29, 1.82) is 0 Å². The monoisotopic (exact) mass is 385 g/mol. The van der Waals surface area contributed by atoms with E-state index >= 15 is 0 Å². The highest BCUT2D eigenvalue weighted by Gasteiger charge is 2.09. The Morgan fingerprint density at radius 3 is 2.57 bits per heavy atom. The maximum Gasteiger partial charge on any atom is 0.220 e. The topological polar surface area (TPSA) is 73.2 Å². The first-order valence-electron chi connectivity index (χ1n) is 10.1. The molecule has 0 fully saturated rings. The summed E-state index contributed by atoms with van der Waals surface area (Å²) >= 11 is 0. The lowest BCUT2D eigenvalue weighted by molar-refractivity contribution is -0.121. The Kier molecular flexibility index (Phi) is 9.25.